The number of aromatic nitrogens is 2. The highest BCUT2D eigenvalue weighted by Crippen LogP contribution is 2.35. The van der Waals surface area contributed by atoms with Crippen LogP contribution in [-0.2, 0) is 6.54 Å². The normalized spacial score (nSPS) is 12.5. The first kappa shape index (κ1) is 12.0. The molecule has 0 unspecified atom stereocenters. The maximum atomic E-state index is 5.65. The van der Waals surface area contributed by atoms with E-state index in [0.29, 0.717) is 22.9 Å². The molecule has 19 heavy (non-hydrogen) atoms. The molecular weight excluding hydrogens is 312 g/mol. The highest BCUT2D eigenvalue weighted by Gasteiger charge is 2.16. The number of anilines is 2. The molecular formula is C12H11BrN4O2. The van der Waals surface area contributed by atoms with Gasteiger partial charge in [0.25, 0.3) is 0 Å². The lowest BCUT2D eigenvalue weighted by molar-refractivity contribution is 0.173. The third kappa shape index (κ3) is 2.55. The Hall–Kier alpha value is -2.02. The molecule has 0 radical (unpaired) electrons. The zero-order chi connectivity index (χ0) is 13.2. The van der Waals surface area contributed by atoms with Crippen molar-refractivity contribution in [1.29, 1.82) is 0 Å². The van der Waals surface area contributed by atoms with Gasteiger partial charge in [0.15, 0.2) is 11.5 Å². The van der Waals surface area contributed by atoms with Crippen LogP contribution in [0.2, 0.25) is 0 Å². The topological polar surface area (TPSA) is 82.3 Å². The van der Waals surface area contributed by atoms with E-state index in [9.17, 15) is 0 Å². The lowest BCUT2D eigenvalue weighted by Gasteiger charge is -2.08. The van der Waals surface area contributed by atoms with Gasteiger partial charge in [0.05, 0.1) is 0 Å². The second-order valence-electron chi connectivity index (χ2n) is 3.94. The molecule has 3 rings (SSSR count). The molecule has 98 valence electrons. The molecule has 0 amide bonds. The summed E-state index contributed by atoms with van der Waals surface area (Å²) >= 11 is 3.27. The zero-order valence-electron chi connectivity index (χ0n) is 9.89. The van der Waals surface area contributed by atoms with Gasteiger partial charge in [0.2, 0.25) is 12.7 Å². The van der Waals surface area contributed by atoms with Gasteiger partial charge in [-0.25, -0.2) is 4.98 Å². The average molecular weight is 323 g/mol. The third-order valence-corrected chi connectivity index (χ3v) is 3.04. The Morgan fingerprint density at radius 1 is 1.32 bits per heavy atom. The largest absolute Gasteiger partial charge is 0.454 e. The predicted molar refractivity (Wildman–Crippen MR) is 74.0 cm³/mol. The smallest absolute Gasteiger partial charge is 0.231 e. The second kappa shape index (κ2) is 4.93. The molecule has 0 atom stereocenters. The number of ether oxygens (including phenoxy) is 2. The van der Waals surface area contributed by atoms with Crippen molar-refractivity contribution in [3.8, 4) is 11.5 Å². The van der Waals surface area contributed by atoms with Gasteiger partial charge in [-0.15, -0.1) is 0 Å². The van der Waals surface area contributed by atoms with Crippen LogP contribution in [0.1, 0.15) is 5.56 Å². The predicted octanol–water partition coefficient (Wildman–Crippen LogP) is 2.16. The number of benzene rings is 1. The summed E-state index contributed by atoms with van der Waals surface area (Å²) in [6.45, 7) is 0.787. The molecule has 1 aromatic carbocycles. The fourth-order valence-corrected chi connectivity index (χ4v) is 2.22. The Morgan fingerprint density at radius 2 is 2.21 bits per heavy atom. The van der Waals surface area contributed by atoms with Crippen molar-refractivity contribution in [3.63, 3.8) is 0 Å². The van der Waals surface area contributed by atoms with Crippen molar-refractivity contribution in [1.82, 2.24) is 9.97 Å². The first-order valence-corrected chi connectivity index (χ1v) is 6.43. The number of nitrogens with one attached hydrogen (secondary N) is 1. The SMILES string of the molecule is Nc1cc(Br)nc(NCc2cccc3c2OCO3)n1. The molecule has 0 bridgehead atoms. The maximum Gasteiger partial charge on any atom is 0.231 e. The van der Waals surface area contributed by atoms with E-state index in [0.717, 1.165) is 17.1 Å². The fourth-order valence-electron chi connectivity index (χ4n) is 1.82. The van der Waals surface area contributed by atoms with E-state index >= 15 is 0 Å². The molecule has 7 heteroatoms. The Labute approximate surface area is 118 Å². The summed E-state index contributed by atoms with van der Waals surface area (Å²) in [6.07, 6.45) is 0. The monoisotopic (exact) mass is 322 g/mol. The van der Waals surface area contributed by atoms with Crippen LogP contribution in [-0.4, -0.2) is 16.8 Å². The van der Waals surface area contributed by atoms with Gasteiger partial charge in [-0.05, 0) is 22.0 Å². The molecule has 2 aromatic rings. The summed E-state index contributed by atoms with van der Waals surface area (Å²) in [7, 11) is 0. The summed E-state index contributed by atoms with van der Waals surface area (Å²) in [4.78, 5) is 8.28. The highest BCUT2D eigenvalue weighted by molar-refractivity contribution is 9.10. The lowest BCUT2D eigenvalue weighted by Crippen LogP contribution is -2.06. The fraction of sp³-hybridized carbons (Fsp3) is 0.167. The van der Waals surface area contributed by atoms with Crippen LogP contribution < -0.4 is 20.5 Å². The number of fused-ring (bicyclic) bond motifs is 1. The van der Waals surface area contributed by atoms with E-state index in [1.165, 1.54) is 0 Å². The first-order chi connectivity index (χ1) is 9.22. The minimum atomic E-state index is 0.257. The molecule has 2 heterocycles. The van der Waals surface area contributed by atoms with Crippen molar-refractivity contribution in [2.24, 2.45) is 0 Å². The van der Waals surface area contributed by atoms with E-state index < -0.39 is 0 Å². The number of nitrogens with two attached hydrogens (primary N) is 1. The number of nitrogens with zero attached hydrogens (tertiary/aromatic N) is 2. The standard InChI is InChI=1S/C12H11BrN4O2/c13-9-4-10(14)17-12(16-9)15-5-7-2-1-3-8-11(7)19-6-18-8/h1-4H,5-6H2,(H3,14,15,16,17). The molecule has 0 fully saturated rings. The van der Waals surface area contributed by atoms with Crippen LogP contribution in [0.25, 0.3) is 0 Å². The molecule has 1 aliphatic heterocycles. The van der Waals surface area contributed by atoms with Gasteiger partial charge in [-0.1, -0.05) is 12.1 Å². The van der Waals surface area contributed by atoms with E-state index in [4.69, 9.17) is 15.2 Å². The lowest BCUT2D eigenvalue weighted by atomic mass is 10.2. The van der Waals surface area contributed by atoms with E-state index in [-0.39, 0.29) is 6.79 Å². The van der Waals surface area contributed by atoms with Crippen molar-refractivity contribution in [2.45, 2.75) is 6.54 Å². The Morgan fingerprint density at radius 3 is 3.05 bits per heavy atom. The quantitative estimate of drug-likeness (QED) is 0.843. The number of rotatable bonds is 3. The van der Waals surface area contributed by atoms with Crippen LogP contribution in [0, 0.1) is 0 Å². The van der Waals surface area contributed by atoms with Crippen molar-refractivity contribution < 1.29 is 9.47 Å². The van der Waals surface area contributed by atoms with Crippen molar-refractivity contribution >= 4 is 27.7 Å². The summed E-state index contributed by atoms with van der Waals surface area (Å²) in [5.74, 6) is 2.39. The molecule has 0 saturated heterocycles. The van der Waals surface area contributed by atoms with E-state index in [1.54, 1.807) is 6.07 Å². The number of halogens is 1. The third-order valence-electron chi connectivity index (χ3n) is 2.63. The molecule has 1 aliphatic rings. The Balaban J connectivity index is 1.78. The van der Waals surface area contributed by atoms with Crippen molar-refractivity contribution in [3.05, 3.63) is 34.4 Å². The van der Waals surface area contributed by atoms with Crippen LogP contribution in [0.15, 0.2) is 28.9 Å². The summed E-state index contributed by atoms with van der Waals surface area (Å²) < 4.78 is 11.4. The Kier molecular flexibility index (Phi) is 3.12. The van der Waals surface area contributed by atoms with Gasteiger partial charge >= 0.3 is 0 Å². The van der Waals surface area contributed by atoms with Gasteiger partial charge < -0.3 is 20.5 Å². The van der Waals surface area contributed by atoms with Crippen LogP contribution >= 0.6 is 15.9 Å². The summed E-state index contributed by atoms with van der Waals surface area (Å²) in [6, 6.07) is 7.39. The number of nitrogen functional groups attached to an aromatic ring is 1. The second-order valence-corrected chi connectivity index (χ2v) is 4.76. The van der Waals surface area contributed by atoms with Gasteiger partial charge in [-0.3, -0.25) is 0 Å². The number of hydrogen-bond acceptors (Lipinski definition) is 6. The average Bonchev–Trinajstić information content (AvgIpc) is 2.83. The van der Waals surface area contributed by atoms with Crippen molar-refractivity contribution in [2.75, 3.05) is 17.8 Å². The summed E-state index contributed by atoms with van der Waals surface area (Å²) in [5, 5.41) is 3.10. The van der Waals surface area contributed by atoms with E-state index in [1.807, 2.05) is 18.2 Å². The zero-order valence-corrected chi connectivity index (χ0v) is 11.5. The van der Waals surface area contributed by atoms with Gasteiger partial charge in [-0.2, -0.15) is 4.98 Å². The van der Waals surface area contributed by atoms with Gasteiger partial charge in [0.1, 0.15) is 10.4 Å². The Bertz CT molecular complexity index is 600. The highest BCUT2D eigenvalue weighted by atomic mass is 79.9. The van der Waals surface area contributed by atoms with E-state index in [2.05, 4.69) is 31.2 Å². The minimum absolute atomic E-state index is 0.257. The van der Waals surface area contributed by atoms with Crippen LogP contribution in [0.3, 0.4) is 0 Å². The van der Waals surface area contributed by atoms with Crippen LogP contribution in [0.5, 0.6) is 11.5 Å². The molecule has 0 aliphatic carbocycles. The first-order valence-electron chi connectivity index (χ1n) is 5.64. The molecule has 3 N–H and O–H groups in total. The molecule has 6 nitrogen and oxygen atoms in total. The number of para-hydroxylation sites is 1. The maximum absolute atomic E-state index is 5.65. The molecule has 1 aromatic heterocycles. The molecule has 0 spiro atoms. The van der Waals surface area contributed by atoms with Gasteiger partial charge in [0, 0.05) is 18.2 Å². The minimum Gasteiger partial charge on any atom is -0.454 e. The summed E-state index contributed by atoms with van der Waals surface area (Å²) in [5.41, 5.74) is 6.64. The van der Waals surface area contributed by atoms with Crippen LogP contribution in [0.4, 0.5) is 11.8 Å². The number of hydrogen-bond donors (Lipinski definition) is 2. The molecule has 0 saturated carbocycles.